The van der Waals surface area contributed by atoms with Gasteiger partial charge in [0.1, 0.15) is 0 Å². The Kier molecular flexibility index (Phi) is 2.72. The van der Waals surface area contributed by atoms with Crippen LogP contribution < -0.4 is 0 Å². The van der Waals surface area contributed by atoms with Crippen molar-refractivity contribution in [2.75, 3.05) is 7.11 Å². The van der Waals surface area contributed by atoms with E-state index in [0.29, 0.717) is 0 Å². The molecule has 0 aliphatic heterocycles. The molecular formula is C7H13NO2. The van der Waals surface area contributed by atoms with Crippen LogP contribution in [-0.4, -0.2) is 24.2 Å². The number of Topliss-reactive ketones (excluding diaryl/α,β-unsaturated/α-hetero) is 1. The molecule has 0 fully saturated rings. The predicted octanol–water partition coefficient (Wildman–Crippen LogP) is 1.02. The third kappa shape index (κ3) is 1.42. The highest BCUT2D eigenvalue weighted by molar-refractivity contribution is 6.09. The third-order valence-electron chi connectivity index (χ3n) is 1.80. The molecular weight excluding hydrogens is 130 g/mol. The van der Waals surface area contributed by atoms with E-state index in [-0.39, 0.29) is 11.5 Å². The van der Waals surface area contributed by atoms with Gasteiger partial charge in [0.2, 0.25) is 0 Å². The molecule has 1 N–H and O–H groups in total. The lowest BCUT2D eigenvalue weighted by Gasteiger charge is -2.23. The molecule has 0 amide bonds. The van der Waals surface area contributed by atoms with E-state index in [2.05, 4.69) is 0 Å². The Bertz CT molecular complexity index is 149. The highest BCUT2D eigenvalue weighted by Gasteiger charge is 2.31. The first-order valence-corrected chi connectivity index (χ1v) is 3.07. The van der Waals surface area contributed by atoms with Gasteiger partial charge in [-0.15, -0.1) is 0 Å². The van der Waals surface area contributed by atoms with Gasteiger partial charge in [-0.05, 0) is 20.8 Å². The van der Waals surface area contributed by atoms with Gasteiger partial charge in [0.15, 0.2) is 11.4 Å². The topological polar surface area (TPSA) is 50.1 Å². The van der Waals surface area contributed by atoms with Crippen LogP contribution >= 0.6 is 0 Å². The number of rotatable bonds is 3. The van der Waals surface area contributed by atoms with Crippen LogP contribution in [0, 0.1) is 5.41 Å². The molecule has 1 atom stereocenters. The van der Waals surface area contributed by atoms with Crippen LogP contribution in [0.1, 0.15) is 20.8 Å². The fraction of sp³-hybridized carbons (Fsp3) is 0.714. The van der Waals surface area contributed by atoms with Crippen LogP contribution in [0.5, 0.6) is 0 Å². The average Bonchev–Trinajstić information content (AvgIpc) is 1.85. The first kappa shape index (κ1) is 9.30. The summed E-state index contributed by atoms with van der Waals surface area (Å²) in [4.78, 5) is 10.9. The number of carbonyl (C=O) groups is 1. The molecule has 0 aromatic heterocycles. The second-order valence-electron chi connectivity index (χ2n) is 2.42. The van der Waals surface area contributed by atoms with E-state index in [9.17, 15) is 4.79 Å². The molecule has 0 saturated carbocycles. The highest BCUT2D eigenvalue weighted by atomic mass is 16.5. The zero-order valence-electron chi connectivity index (χ0n) is 6.82. The van der Waals surface area contributed by atoms with Gasteiger partial charge in [0, 0.05) is 12.8 Å². The summed E-state index contributed by atoms with van der Waals surface area (Å²) in [5.74, 6) is -0.137. The number of carbonyl (C=O) groups excluding carboxylic acids is 1. The Labute approximate surface area is 60.9 Å². The van der Waals surface area contributed by atoms with Crippen molar-refractivity contribution in [1.29, 1.82) is 5.41 Å². The van der Waals surface area contributed by atoms with E-state index >= 15 is 0 Å². The van der Waals surface area contributed by atoms with Gasteiger partial charge in [-0.2, -0.15) is 0 Å². The summed E-state index contributed by atoms with van der Waals surface area (Å²) < 4.78 is 4.89. The minimum absolute atomic E-state index is 0.137. The van der Waals surface area contributed by atoms with E-state index in [1.165, 1.54) is 14.0 Å². The number of nitrogens with one attached hydrogen (secondary N) is 1. The Balaban J connectivity index is 4.55. The van der Waals surface area contributed by atoms with E-state index in [4.69, 9.17) is 10.1 Å². The summed E-state index contributed by atoms with van der Waals surface area (Å²) in [7, 11) is 1.43. The van der Waals surface area contributed by atoms with Crippen molar-refractivity contribution < 1.29 is 9.53 Å². The normalized spacial score (nSPS) is 16.0. The summed E-state index contributed by atoms with van der Waals surface area (Å²) in [6.07, 6.45) is 0. The lowest BCUT2D eigenvalue weighted by molar-refractivity contribution is -0.130. The summed E-state index contributed by atoms with van der Waals surface area (Å²) in [6.45, 7) is 4.57. The molecule has 10 heavy (non-hydrogen) atoms. The molecule has 0 heterocycles. The molecule has 1 unspecified atom stereocenters. The van der Waals surface area contributed by atoms with Crippen molar-refractivity contribution in [3.05, 3.63) is 0 Å². The number of ketones is 1. The average molecular weight is 143 g/mol. The smallest absolute Gasteiger partial charge is 0.167 e. The van der Waals surface area contributed by atoms with Gasteiger partial charge in [-0.1, -0.05) is 0 Å². The zero-order valence-corrected chi connectivity index (χ0v) is 6.82. The molecule has 0 aliphatic rings. The maximum atomic E-state index is 10.9. The molecule has 0 radical (unpaired) electrons. The van der Waals surface area contributed by atoms with Gasteiger partial charge in [-0.3, -0.25) is 4.79 Å². The number of hydrogen-bond donors (Lipinski definition) is 1. The lowest BCUT2D eigenvalue weighted by Crippen LogP contribution is -2.42. The Morgan fingerprint density at radius 3 is 1.90 bits per heavy atom. The molecule has 0 aromatic carbocycles. The number of ether oxygens (including phenoxy) is 1. The highest BCUT2D eigenvalue weighted by Crippen LogP contribution is 2.11. The van der Waals surface area contributed by atoms with Crippen LogP contribution in [-0.2, 0) is 9.53 Å². The van der Waals surface area contributed by atoms with E-state index in [1.54, 1.807) is 13.8 Å². The van der Waals surface area contributed by atoms with Gasteiger partial charge in [0.25, 0.3) is 0 Å². The van der Waals surface area contributed by atoms with Gasteiger partial charge >= 0.3 is 0 Å². The molecule has 0 aliphatic carbocycles. The van der Waals surface area contributed by atoms with Crippen molar-refractivity contribution in [3.8, 4) is 0 Å². The molecule has 0 bridgehead atoms. The summed E-state index contributed by atoms with van der Waals surface area (Å²) >= 11 is 0. The quantitative estimate of drug-likeness (QED) is 0.599. The summed E-state index contributed by atoms with van der Waals surface area (Å²) in [5, 5.41) is 7.23. The fourth-order valence-corrected chi connectivity index (χ4v) is 0.561. The molecule has 0 aromatic rings. The van der Waals surface area contributed by atoms with Crippen LogP contribution in [0.25, 0.3) is 0 Å². The molecule has 3 nitrogen and oxygen atoms in total. The van der Waals surface area contributed by atoms with E-state index in [1.807, 2.05) is 0 Å². The van der Waals surface area contributed by atoms with Gasteiger partial charge in [0.05, 0.1) is 0 Å². The molecule has 0 rings (SSSR count). The Hall–Kier alpha value is -0.700. The molecule has 58 valence electrons. The van der Waals surface area contributed by atoms with Crippen molar-refractivity contribution in [2.24, 2.45) is 0 Å². The number of hydrogen-bond acceptors (Lipinski definition) is 3. The summed E-state index contributed by atoms with van der Waals surface area (Å²) in [6, 6.07) is 0. The fourth-order valence-electron chi connectivity index (χ4n) is 0.561. The Morgan fingerprint density at radius 2 is 1.90 bits per heavy atom. The lowest BCUT2D eigenvalue weighted by atomic mass is 9.97. The minimum Gasteiger partial charge on any atom is -0.365 e. The second kappa shape index (κ2) is 2.92. The van der Waals surface area contributed by atoms with Crippen molar-refractivity contribution in [2.45, 2.75) is 26.4 Å². The predicted molar refractivity (Wildman–Crippen MR) is 39.5 cm³/mol. The van der Waals surface area contributed by atoms with Crippen molar-refractivity contribution >= 4 is 11.5 Å². The number of methoxy groups -OCH3 is 1. The van der Waals surface area contributed by atoms with Crippen molar-refractivity contribution in [1.82, 2.24) is 0 Å². The zero-order chi connectivity index (χ0) is 8.36. The summed E-state index contributed by atoms with van der Waals surface area (Å²) in [5.41, 5.74) is -0.775. The molecule has 3 heteroatoms. The van der Waals surface area contributed by atoms with Gasteiger partial charge in [-0.25, -0.2) is 0 Å². The third-order valence-corrected chi connectivity index (χ3v) is 1.80. The second-order valence-corrected chi connectivity index (χ2v) is 2.42. The van der Waals surface area contributed by atoms with Crippen molar-refractivity contribution in [3.63, 3.8) is 0 Å². The Morgan fingerprint density at radius 1 is 1.50 bits per heavy atom. The van der Waals surface area contributed by atoms with Crippen LogP contribution in [0.15, 0.2) is 0 Å². The maximum absolute atomic E-state index is 10.9. The van der Waals surface area contributed by atoms with Gasteiger partial charge < -0.3 is 10.1 Å². The minimum atomic E-state index is -1.01. The first-order valence-electron chi connectivity index (χ1n) is 3.07. The largest absolute Gasteiger partial charge is 0.365 e. The standard InChI is InChI=1S/C7H13NO2/c1-5(8)7(3,10-4)6(2)9/h8H,1-4H3. The maximum Gasteiger partial charge on any atom is 0.167 e. The first-order chi connectivity index (χ1) is 4.45. The van der Waals surface area contributed by atoms with E-state index < -0.39 is 5.60 Å². The SMILES string of the molecule is COC(C)(C(C)=N)C(C)=O. The van der Waals surface area contributed by atoms with Crippen LogP contribution in [0.2, 0.25) is 0 Å². The monoisotopic (exact) mass is 143 g/mol. The molecule has 0 spiro atoms. The molecule has 0 saturated heterocycles. The van der Waals surface area contributed by atoms with E-state index in [0.717, 1.165) is 0 Å². The van der Waals surface area contributed by atoms with Crippen LogP contribution in [0.3, 0.4) is 0 Å². The van der Waals surface area contributed by atoms with Crippen LogP contribution in [0.4, 0.5) is 0 Å².